The van der Waals surface area contributed by atoms with Crippen molar-refractivity contribution in [2.75, 3.05) is 26.2 Å². The van der Waals surface area contributed by atoms with Crippen molar-refractivity contribution >= 4 is 23.4 Å². The lowest BCUT2D eigenvalue weighted by Gasteiger charge is -2.72. The summed E-state index contributed by atoms with van der Waals surface area (Å²) in [6.07, 6.45) is 13.0. The number of amides is 1. The number of aromatic carboxylic acids is 1. The third-order valence-electron chi connectivity index (χ3n) is 16.2. The van der Waals surface area contributed by atoms with Gasteiger partial charge in [0.1, 0.15) is 0 Å². The van der Waals surface area contributed by atoms with E-state index in [9.17, 15) is 24.6 Å². The van der Waals surface area contributed by atoms with E-state index in [1.807, 2.05) is 17.0 Å². The predicted octanol–water partition coefficient (Wildman–Crippen LogP) is 8.95. The highest BCUT2D eigenvalue weighted by Gasteiger charge is 2.71. The molecule has 0 heterocycles. The van der Waals surface area contributed by atoms with Crippen molar-refractivity contribution in [2.24, 2.45) is 56.7 Å². The third kappa shape index (κ3) is 5.92. The minimum absolute atomic E-state index is 0.00331. The van der Waals surface area contributed by atoms with Crippen LogP contribution in [0.15, 0.2) is 42.5 Å². The maximum absolute atomic E-state index is 14.5. The van der Waals surface area contributed by atoms with Crippen LogP contribution in [0.5, 0.6) is 0 Å². The largest absolute Gasteiger partial charge is 0.480 e. The van der Waals surface area contributed by atoms with Crippen LogP contribution < -0.4 is 5.32 Å². The Morgan fingerprint density at radius 2 is 1.59 bits per heavy atom. The SMILES string of the molecule is C=C(C)C1CCC2(C(=O)NCCN(CCC)CC(=O)O)CCC3(C)C(CCC4C5(C)CC=C(c6ccc(C(=O)O)cc6)C(C)(C)C5CCC43C)C12. The molecule has 7 heteroatoms. The summed E-state index contributed by atoms with van der Waals surface area (Å²) in [6, 6.07) is 7.49. The number of hydrogen-bond acceptors (Lipinski definition) is 4. The number of rotatable bonds is 11. The molecule has 0 bridgehead atoms. The molecule has 0 radical (unpaired) electrons. The molecule has 5 aliphatic rings. The van der Waals surface area contributed by atoms with Crippen molar-refractivity contribution in [3.63, 3.8) is 0 Å². The quantitative estimate of drug-likeness (QED) is 0.199. The van der Waals surface area contributed by atoms with Crippen molar-refractivity contribution in [1.82, 2.24) is 10.2 Å². The van der Waals surface area contributed by atoms with Gasteiger partial charge in [0.25, 0.3) is 0 Å². The van der Waals surface area contributed by atoms with Crippen LogP contribution in [-0.4, -0.2) is 59.1 Å². The molecule has 5 aliphatic carbocycles. The van der Waals surface area contributed by atoms with Gasteiger partial charge in [-0.05, 0) is 152 Å². The Kier molecular flexibility index (Phi) is 10.00. The van der Waals surface area contributed by atoms with E-state index in [4.69, 9.17) is 0 Å². The Balaban J connectivity index is 1.27. The normalized spacial score (nSPS) is 38.0. The van der Waals surface area contributed by atoms with Crippen LogP contribution >= 0.6 is 0 Å². The summed E-state index contributed by atoms with van der Waals surface area (Å²) in [5, 5.41) is 22.2. The molecule has 7 nitrogen and oxygen atoms in total. The number of fused-ring (bicyclic) bond motifs is 7. The zero-order valence-electron chi connectivity index (χ0n) is 32.4. The number of carbonyl (C=O) groups is 3. The first-order valence-corrected chi connectivity index (χ1v) is 19.9. The maximum atomic E-state index is 14.5. The summed E-state index contributed by atoms with van der Waals surface area (Å²) in [5.74, 6) is 0.681. The summed E-state index contributed by atoms with van der Waals surface area (Å²) in [5.41, 5.74) is 4.07. The van der Waals surface area contributed by atoms with Crippen LogP contribution in [0.25, 0.3) is 5.57 Å². The number of benzene rings is 1. The summed E-state index contributed by atoms with van der Waals surface area (Å²) in [6.45, 7) is 23.2. The fraction of sp³-hybridized carbons (Fsp3) is 0.705. The van der Waals surface area contributed by atoms with E-state index in [1.54, 1.807) is 12.1 Å². The van der Waals surface area contributed by atoms with Gasteiger partial charge >= 0.3 is 11.9 Å². The van der Waals surface area contributed by atoms with Gasteiger partial charge in [0.05, 0.1) is 17.5 Å². The van der Waals surface area contributed by atoms with Gasteiger partial charge in [-0.15, -0.1) is 0 Å². The Morgan fingerprint density at radius 1 is 0.882 bits per heavy atom. The molecule has 6 rings (SSSR count). The molecule has 1 amide bonds. The van der Waals surface area contributed by atoms with Gasteiger partial charge in [0.2, 0.25) is 5.91 Å². The molecular weight excluding hydrogens is 636 g/mol. The number of nitrogens with zero attached hydrogens (tertiary/aromatic N) is 1. The van der Waals surface area contributed by atoms with E-state index in [2.05, 4.69) is 66.4 Å². The molecular formula is C44H64N2O5. The summed E-state index contributed by atoms with van der Waals surface area (Å²) in [7, 11) is 0. The molecule has 9 atom stereocenters. The smallest absolute Gasteiger partial charge is 0.335 e. The van der Waals surface area contributed by atoms with Gasteiger partial charge < -0.3 is 15.5 Å². The minimum atomic E-state index is -0.888. The van der Waals surface area contributed by atoms with E-state index in [0.717, 1.165) is 50.5 Å². The van der Waals surface area contributed by atoms with Crippen LogP contribution in [0.1, 0.15) is 129 Å². The maximum Gasteiger partial charge on any atom is 0.335 e. The number of hydrogen-bond donors (Lipinski definition) is 3. The Morgan fingerprint density at radius 3 is 2.22 bits per heavy atom. The van der Waals surface area contributed by atoms with Gasteiger partial charge in [-0.2, -0.15) is 0 Å². The molecule has 9 unspecified atom stereocenters. The van der Waals surface area contributed by atoms with E-state index in [-0.39, 0.29) is 45.4 Å². The number of nitrogens with one attached hydrogen (secondary N) is 1. The fourth-order valence-corrected chi connectivity index (χ4v) is 13.7. The monoisotopic (exact) mass is 700 g/mol. The standard InChI is InChI=1S/C44H64N2O5/c1-9-25-46(27-36(47)48)26-24-45-39(51)44-21-16-31(28(2)3)37(44)33-14-15-35-41(6)19-17-32(29-10-12-30(13-11-29)38(49)50)40(4,5)34(41)18-20-43(35,8)42(33,7)22-23-44/h10-13,17,31,33-35,37H,2,9,14-16,18-27H2,1,3-8H3,(H,45,51)(H,47,48)(H,49,50). The molecule has 0 spiro atoms. The zero-order valence-corrected chi connectivity index (χ0v) is 32.4. The summed E-state index contributed by atoms with van der Waals surface area (Å²) < 4.78 is 0. The highest BCUT2D eigenvalue weighted by Crippen LogP contribution is 2.77. The fourth-order valence-electron chi connectivity index (χ4n) is 13.7. The topological polar surface area (TPSA) is 107 Å². The molecule has 280 valence electrons. The Bertz CT molecular complexity index is 1580. The molecule has 0 aliphatic heterocycles. The van der Waals surface area contributed by atoms with E-state index in [1.165, 1.54) is 30.4 Å². The Labute approximate surface area is 306 Å². The average Bonchev–Trinajstić information content (AvgIpc) is 3.46. The molecule has 0 saturated heterocycles. The molecule has 1 aromatic rings. The summed E-state index contributed by atoms with van der Waals surface area (Å²) in [4.78, 5) is 39.4. The van der Waals surface area contributed by atoms with Crippen molar-refractivity contribution < 1.29 is 24.6 Å². The third-order valence-corrected chi connectivity index (χ3v) is 16.2. The second kappa shape index (κ2) is 13.5. The number of carboxylic acids is 2. The van der Waals surface area contributed by atoms with Gasteiger partial charge in [0, 0.05) is 13.1 Å². The zero-order chi connectivity index (χ0) is 37.1. The molecule has 51 heavy (non-hydrogen) atoms. The molecule has 0 aromatic heterocycles. The molecule has 3 N–H and O–H groups in total. The lowest BCUT2D eigenvalue weighted by Crippen LogP contribution is -2.66. The van der Waals surface area contributed by atoms with Crippen molar-refractivity contribution in [1.29, 1.82) is 0 Å². The second-order valence-electron chi connectivity index (χ2n) is 18.7. The van der Waals surface area contributed by atoms with Crippen molar-refractivity contribution in [2.45, 2.75) is 113 Å². The second-order valence-corrected chi connectivity index (χ2v) is 18.7. The highest BCUT2D eigenvalue weighted by atomic mass is 16.4. The van der Waals surface area contributed by atoms with Crippen LogP contribution in [0, 0.1) is 56.7 Å². The number of carboxylic acid groups (broad SMARTS) is 2. The van der Waals surface area contributed by atoms with Crippen LogP contribution in [0.4, 0.5) is 0 Å². The van der Waals surface area contributed by atoms with E-state index in [0.29, 0.717) is 48.9 Å². The predicted molar refractivity (Wildman–Crippen MR) is 203 cm³/mol. The summed E-state index contributed by atoms with van der Waals surface area (Å²) >= 11 is 0. The van der Waals surface area contributed by atoms with Gasteiger partial charge in [-0.25, -0.2) is 4.79 Å². The molecule has 4 saturated carbocycles. The van der Waals surface area contributed by atoms with Crippen LogP contribution in [0.2, 0.25) is 0 Å². The Hall–Kier alpha value is -2.93. The number of carbonyl (C=O) groups excluding carboxylic acids is 1. The van der Waals surface area contributed by atoms with Gasteiger partial charge in [-0.1, -0.05) is 71.9 Å². The van der Waals surface area contributed by atoms with Crippen molar-refractivity contribution in [3.8, 4) is 0 Å². The van der Waals surface area contributed by atoms with Gasteiger partial charge in [0.15, 0.2) is 0 Å². The van der Waals surface area contributed by atoms with E-state index < -0.39 is 11.9 Å². The minimum Gasteiger partial charge on any atom is -0.480 e. The lowest BCUT2D eigenvalue weighted by molar-refractivity contribution is -0.225. The highest BCUT2D eigenvalue weighted by molar-refractivity contribution is 5.88. The van der Waals surface area contributed by atoms with Crippen molar-refractivity contribution in [3.05, 3.63) is 53.6 Å². The van der Waals surface area contributed by atoms with Crippen LogP contribution in [0.3, 0.4) is 0 Å². The average molecular weight is 701 g/mol. The first-order valence-electron chi connectivity index (χ1n) is 19.9. The first-order chi connectivity index (χ1) is 24.0. The number of aliphatic carboxylic acids is 1. The first kappa shape index (κ1) is 37.8. The van der Waals surface area contributed by atoms with Gasteiger partial charge in [-0.3, -0.25) is 14.5 Å². The van der Waals surface area contributed by atoms with Crippen LogP contribution in [-0.2, 0) is 9.59 Å². The lowest BCUT2D eigenvalue weighted by atomic mass is 9.32. The van der Waals surface area contributed by atoms with E-state index >= 15 is 0 Å². The molecule has 4 fully saturated rings. The molecule has 1 aromatic carbocycles. The number of allylic oxidation sites excluding steroid dienone is 3.